The van der Waals surface area contributed by atoms with Crippen LogP contribution in [-0.2, 0) is 23.7 Å². The third-order valence-corrected chi connectivity index (χ3v) is 12.6. The fourth-order valence-corrected chi connectivity index (χ4v) is 8.90. The van der Waals surface area contributed by atoms with Crippen LogP contribution in [0.3, 0.4) is 0 Å². The van der Waals surface area contributed by atoms with E-state index in [0.717, 1.165) is 81.4 Å². The van der Waals surface area contributed by atoms with Crippen molar-refractivity contribution in [1.82, 2.24) is 10.6 Å². The van der Waals surface area contributed by atoms with Gasteiger partial charge in [0.15, 0.2) is 10.9 Å². The molecule has 0 saturated heterocycles. The summed E-state index contributed by atoms with van der Waals surface area (Å²) in [5.41, 5.74) is 5.67. The molecule has 2 aliphatic heterocycles. The minimum absolute atomic E-state index is 0.0612. The van der Waals surface area contributed by atoms with Gasteiger partial charge >= 0.3 is 11.9 Å². The maximum Gasteiger partial charge on any atom is 0.379 e. The molecule has 0 spiro atoms. The van der Waals surface area contributed by atoms with E-state index < -0.39 is 28.9 Å². The second-order valence-electron chi connectivity index (χ2n) is 20.0. The van der Waals surface area contributed by atoms with Crippen LogP contribution in [0.4, 0.5) is 0 Å². The molecule has 6 aromatic rings. The summed E-state index contributed by atoms with van der Waals surface area (Å²) in [5, 5.41) is 17.8. The number of aliphatic hydroxyl groups is 1. The maximum absolute atomic E-state index is 13.8. The summed E-state index contributed by atoms with van der Waals surface area (Å²) in [6, 6.07) is 15.6. The van der Waals surface area contributed by atoms with Crippen molar-refractivity contribution in [2.24, 2.45) is 9.98 Å². The zero-order valence-electron chi connectivity index (χ0n) is 41.4. The molecular formula is C55H60N4O11. The number of carbonyl (C=O) groups excluding carboxylic acids is 2. The standard InChI is InChI=1S/C55H60N4O11/c1-29-21-36(54(5,6)7)50(31(3)34(29)23-46-56-17-18-57-46)69-52(63)44-25-38(61)48-40(13-11-15-42(48)67-44)65-27-33(60)28-66-41-14-12-16-43-49(41)39(62)26-45(68-43)53(64)70-51-32(4)35(24-47-58-19-20-59-47)30(2)22-37(51)55(8,9)10/h11-16,21-22,25-26,33,60H,17-20,23-24,27-28H2,1-10H3,(H,56,57)(H,58,59). The van der Waals surface area contributed by atoms with E-state index in [0.29, 0.717) is 37.4 Å². The smallest absolute Gasteiger partial charge is 0.379 e. The molecule has 3 N–H and O–H groups in total. The summed E-state index contributed by atoms with van der Waals surface area (Å²) in [6.07, 6.45) is -0.110. The van der Waals surface area contributed by atoms with Crippen LogP contribution in [0.5, 0.6) is 23.0 Å². The van der Waals surface area contributed by atoms with Crippen molar-refractivity contribution in [3.8, 4) is 23.0 Å². The first-order chi connectivity index (χ1) is 33.2. The Morgan fingerprint density at radius 3 is 1.40 bits per heavy atom. The Balaban J connectivity index is 0.954. The quantitative estimate of drug-likeness (QED) is 0.0700. The van der Waals surface area contributed by atoms with Gasteiger partial charge < -0.3 is 43.5 Å². The summed E-state index contributed by atoms with van der Waals surface area (Å²) >= 11 is 0. The van der Waals surface area contributed by atoms with E-state index in [-0.39, 0.29) is 69.0 Å². The van der Waals surface area contributed by atoms with Gasteiger partial charge in [0.05, 0.1) is 13.1 Å². The van der Waals surface area contributed by atoms with Crippen molar-refractivity contribution in [2.45, 2.75) is 99.0 Å². The fraction of sp³-hybridized carbons (Fsp3) is 0.382. The number of benzene rings is 4. The Bertz CT molecular complexity index is 3030. The molecule has 0 atom stereocenters. The minimum atomic E-state index is -1.24. The second-order valence-corrected chi connectivity index (χ2v) is 20.0. The molecule has 70 heavy (non-hydrogen) atoms. The average molecular weight is 953 g/mol. The lowest BCUT2D eigenvalue weighted by atomic mass is 9.82. The van der Waals surface area contributed by atoms with Gasteiger partial charge in [-0.3, -0.25) is 19.6 Å². The molecule has 0 fully saturated rings. The van der Waals surface area contributed by atoms with Crippen LogP contribution in [0.25, 0.3) is 21.9 Å². The molecule has 0 amide bonds. The number of aliphatic hydroxyl groups excluding tert-OH is 1. The van der Waals surface area contributed by atoms with E-state index in [1.807, 2.05) is 81.4 Å². The zero-order chi connectivity index (χ0) is 50.2. The highest BCUT2D eigenvalue weighted by Crippen LogP contribution is 2.40. The minimum Gasteiger partial charge on any atom is -0.490 e. The number of aryl methyl sites for hydroxylation is 2. The fourth-order valence-electron chi connectivity index (χ4n) is 8.90. The van der Waals surface area contributed by atoms with Crippen molar-refractivity contribution in [3.63, 3.8) is 0 Å². The second kappa shape index (κ2) is 19.6. The molecule has 0 aliphatic carbocycles. The van der Waals surface area contributed by atoms with Gasteiger partial charge in [0.2, 0.25) is 11.5 Å². The van der Waals surface area contributed by atoms with Crippen molar-refractivity contribution in [2.75, 3.05) is 39.4 Å². The summed E-state index contributed by atoms with van der Waals surface area (Å²) in [4.78, 5) is 64.0. The Kier molecular flexibility index (Phi) is 13.8. The van der Waals surface area contributed by atoms with Crippen molar-refractivity contribution in [3.05, 3.63) is 137 Å². The van der Waals surface area contributed by atoms with Crippen molar-refractivity contribution in [1.29, 1.82) is 0 Å². The van der Waals surface area contributed by atoms with Gasteiger partial charge in [-0.25, -0.2) is 9.59 Å². The number of rotatable bonds is 14. The number of esters is 2. The Morgan fingerprint density at radius 2 is 1.04 bits per heavy atom. The molecule has 2 aromatic heterocycles. The number of fused-ring (bicyclic) bond motifs is 2. The summed E-state index contributed by atoms with van der Waals surface area (Å²) in [5.74, 6) is 0.547. The van der Waals surface area contributed by atoms with Crippen LogP contribution in [0.2, 0.25) is 0 Å². The predicted molar refractivity (Wildman–Crippen MR) is 269 cm³/mol. The SMILES string of the molecule is Cc1cc(C(C)(C)C)c(OC(=O)c2cc(=O)c3c(OCC(O)COc4cccc5oc(C(=O)Oc6c(C(C)(C)C)cc(C)c(CC7=NCCN7)c6C)cc(=O)c45)cccc3o2)c(C)c1CC1=NCCN1. The van der Waals surface area contributed by atoms with Gasteiger partial charge in [-0.1, -0.05) is 65.8 Å². The average Bonchev–Trinajstić information content (AvgIpc) is 4.03. The maximum atomic E-state index is 13.8. The number of nitrogens with zero attached hydrogens (tertiary/aromatic N) is 2. The molecule has 4 aromatic carbocycles. The molecule has 15 heteroatoms. The highest BCUT2D eigenvalue weighted by Gasteiger charge is 2.30. The molecule has 366 valence electrons. The third kappa shape index (κ3) is 10.3. The highest BCUT2D eigenvalue weighted by atomic mass is 16.6. The van der Waals surface area contributed by atoms with Crippen LogP contribution in [-0.4, -0.2) is 74.2 Å². The van der Waals surface area contributed by atoms with E-state index in [4.69, 9.17) is 27.8 Å². The summed E-state index contributed by atoms with van der Waals surface area (Å²) in [6.45, 7) is 22.5. The third-order valence-electron chi connectivity index (χ3n) is 12.6. The molecule has 0 radical (unpaired) electrons. The van der Waals surface area contributed by atoms with Crippen molar-refractivity contribution < 1.29 is 42.5 Å². The van der Waals surface area contributed by atoms with E-state index in [1.54, 1.807) is 24.3 Å². The van der Waals surface area contributed by atoms with E-state index in [1.165, 1.54) is 12.1 Å². The van der Waals surface area contributed by atoms with Crippen LogP contribution < -0.4 is 40.4 Å². The lowest BCUT2D eigenvalue weighted by Gasteiger charge is -2.26. The normalized spacial score (nSPS) is 13.8. The predicted octanol–water partition coefficient (Wildman–Crippen LogP) is 8.07. The number of carbonyl (C=O) groups is 2. The van der Waals surface area contributed by atoms with Gasteiger partial charge in [0, 0.05) is 49.2 Å². The van der Waals surface area contributed by atoms with E-state index >= 15 is 0 Å². The Labute approximate surface area is 405 Å². The zero-order valence-corrected chi connectivity index (χ0v) is 41.4. The first-order valence-corrected chi connectivity index (χ1v) is 23.5. The van der Waals surface area contributed by atoms with Gasteiger partial charge in [-0.15, -0.1) is 0 Å². The first-order valence-electron chi connectivity index (χ1n) is 23.5. The molecule has 15 nitrogen and oxygen atoms in total. The van der Waals surface area contributed by atoms with Crippen LogP contribution >= 0.6 is 0 Å². The van der Waals surface area contributed by atoms with Gasteiger partial charge in [0.1, 0.15) is 75.9 Å². The molecule has 4 heterocycles. The molecule has 0 saturated carbocycles. The number of ether oxygens (including phenoxy) is 4. The number of amidine groups is 2. The van der Waals surface area contributed by atoms with Gasteiger partial charge in [-0.2, -0.15) is 0 Å². The van der Waals surface area contributed by atoms with Crippen LogP contribution in [0.15, 0.2) is 89.1 Å². The Hall–Kier alpha value is -7.26. The highest BCUT2D eigenvalue weighted by molar-refractivity contribution is 5.94. The molecular weight excluding hydrogens is 893 g/mol. The lowest BCUT2D eigenvalue weighted by Crippen LogP contribution is -2.25. The number of hydrogen-bond acceptors (Lipinski definition) is 15. The van der Waals surface area contributed by atoms with Crippen LogP contribution in [0.1, 0.15) is 107 Å². The Morgan fingerprint density at radius 1 is 0.643 bits per heavy atom. The topological polar surface area (TPSA) is 200 Å². The number of hydrogen-bond donors (Lipinski definition) is 3. The van der Waals surface area contributed by atoms with E-state index in [9.17, 15) is 24.3 Å². The lowest BCUT2D eigenvalue weighted by molar-refractivity contribution is 0.0636. The van der Waals surface area contributed by atoms with Gasteiger partial charge in [0.25, 0.3) is 0 Å². The number of aliphatic imine (C=N–C) groups is 2. The van der Waals surface area contributed by atoms with Crippen molar-refractivity contribution >= 4 is 45.5 Å². The molecule has 0 unspecified atom stereocenters. The van der Waals surface area contributed by atoms with Gasteiger partial charge in [-0.05, 0) is 96.2 Å². The summed E-state index contributed by atoms with van der Waals surface area (Å²) < 4.78 is 35.9. The number of nitrogens with one attached hydrogen (secondary N) is 2. The van der Waals surface area contributed by atoms with E-state index in [2.05, 4.69) is 20.6 Å². The largest absolute Gasteiger partial charge is 0.490 e. The molecule has 8 rings (SSSR count). The summed E-state index contributed by atoms with van der Waals surface area (Å²) in [7, 11) is 0. The van der Waals surface area contributed by atoms with Crippen LogP contribution in [0, 0.1) is 27.7 Å². The first kappa shape index (κ1) is 49.2. The molecule has 2 aliphatic rings. The molecule has 0 bridgehead atoms. The monoisotopic (exact) mass is 952 g/mol.